The average molecular weight is 277 g/mol. The first kappa shape index (κ1) is 13.7. The van der Waals surface area contributed by atoms with Crippen LogP contribution in [0.25, 0.3) is 0 Å². The number of benzene rings is 1. The normalized spacial score (nSPS) is 15.1. The fourth-order valence-electron chi connectivity index (χ4n) is 2.04. The molecule has 0 unspecified atom stereocenters. The van der Waals surface area contributed by atoms with Gasteiger partial charge in [-0.2, -0.15) is 0 Å². The van der Waals surface area contributed by atoms with Gasteiger partial charge in [0.2, 0.25) is 5.78 Å². The lowest BCUT2D eigenvalue weighted by atomic mass is 10.00. The maximum Gasteiger partial charge on any atom is 0.330 e. The van der Waals surface area contributed by atoms with E-state index in [1.54, 1.807) is 6.07 Å². The maximum atomic E-state index is 11.6. The molecular formula is C12H11N3O5. The van der Waals surface area contributed by atoms with Gasteiger partial charge in [0.25, 0.3) is 5.69 Å². The number of ketones is 1. The van der Waals surface area contributed by atoms with E-state index in [2.05, 4.69) is 5.32 Å². The Morgan fingerprint density at radius 3 is 2.50 bits per heavy atom. The molecule has 1 aliphatic carbocycles. The van der Waals surface area contributed by atoms with Crippen molar-refractivity contribution >= 4 is 17.2 Å². The van der Waals surface area contributed by atoms with Crippen LogP contribution in [0.5, 0.6) is 0 Å². The number of carbonyl (C=O) groups is 1. The third-order valence-corrected chi connectivity index (χ3v) is 2.92. The van der Waals surface area contributed by atoms with Gasteiger partial charge < -0.3 is 5.32 Å². The molecule has 0 aliphatic heterocycles. The minimum atomic E-state index is -0.707. The van der Waals surface area contributed by atoms with Crippen molar-refractivity contribution in [3.8, 4) is 0 Å². The van der Waals surface area contributed by atoms with Gasteiger partial charge in [0.15, 0.2) is 0 Å². The number of anilines is 1. The van der Waals surface area contributed by atoms with Crippen LogP contribution >= 0.6 is 0 Å². The van der Waals surface area contributed by atoms with Crippen molar-refractivity contribution in [2.45, 2.75) is 19.3 Å². The highest BCUT2D eigenvalue weighted by molar-refractivity contribution is 5.95. The van der Waals surface area contributed by atoms with Crippen LogP contribution in [0.3, 0.4) is 0 Å². The van der Waals surface area contributed by atoms with Crippen molar-refractivity contribution in [3.05, 3.63) is 55.9 Å². The van der Waals surface area contributed by atoms with Gasteiger partial charge in [-0.15, -0.1) is 0 Å². The Balaban J connectivity index is 2.34. The molecule has 0 saturated heterocycles. The molecule has 0 fully saturated rings. The Labute approximate surface area is 113 Å². The monoisotopic (exact) mass is 277 g/mol. The number of non-ortho nitro benzene ring substituents is 1. The average Bonchev–Trinajstić information content (AvgIpc) is 2.38. The first-order valence-electron chi connectivity index (χ1n) is 5.91. The first-order chi connectivity index (χ1) is 9.49. The van der Waals surface area contributed by atoms with Gasteiger partial charge in [-0.3, -0.25) is 25.0 Å². The van der Waals surface area contributed by atoms with Gasteiger partial charge in [0.05, 0.1) is 15.5 Å². The lowest BCUT2D eigenvalue weighted by Gasteiger charge is -2.15. The van der Waals surface area contributed by atoms with Crippen molar-refractivity contribution in [2.75, 3.05) is 5.32 Å². The highest BCUT2D eigenvalue weighted by Crippen LogP contribution is 2.26. The van der Waals surface area contributed by atoms with Crippen LogP contribution in [0.1, 0.15) is 19.3 Å². The number of rotatable bonds is 4. The summed E-state index contributed by atoms with van der Waals surface area (Å²) in [7, 11) is 0. The molecule has 0 heterocycles. The first-order valence-corrected chi connectivity index (χ1v) is 5.91. The Bertz CT molecular complexity index is 623. The summed E-state index contributed by atoms with van der Waals surface area (Å²) >= 11 is 0. The number of nitrogens with zero attached hydrogens (tertiary/aromatic N) is 2. The molecule has 20 heavy (non-hydrogen) atoms. The van der Waals surface area contributed by atoms with Crippen molar-refractivity contribution in [1.29, 1.82) is 0 Å². The SMILES string of the molecule is O=C1CCCC(Nc2cccc([N+](=O)[O-])c2)=C1[N+](=O)[O-]. The molecule has 104 valence electrons. The second-order valence-corrected chi connectivity index (χ2v) is 4.29. The molecule has 8 heteroatoms. The number of nitro groups is 2. The molecule has 1 aromatic rings. The summed E-state index contributed by atoms with van der Waals surface area (Å²) in [5.41, 5.74) is -0.0295. The molecule has 1 aromatic carbocycles. The summed E-state index contributed by atoms with van der Waals surface area (Å²) in [5, 5.41) is 24.3. The number of carbonyl (C=O) groups excluding carboxylic acids is 1. The molecule has 2 rings (SSSR count). The van der Waals surface area contributed by atoms with E-state index in [0.717, 1.165) is 0 Å². The van der Waals surface area contributed by atoms with Crippen LogP contribution in [-0.4, -0.2) is 15.6 Å². The standard InChI is InChI=1S/C12H11N3O5/c16-11-6-2-5-10(12(11)15(19)20)13-8-3-1-4-9(7-8)14(17)18/h1,3-4,7,13H,2,5-6H2. The topological polar surface area (TPSA) is 115 Å². The summed E-state index contributed by atoms with van der Waals surface area (Å²) in [4.78, 5) is 31.9. The summed E-state index contributed by atoms with van der Waals surface area (Å²) in [6.07, 6.45) is 1.04. The second-order valence-electron chi connectivity index (χ2n) is 4.29. The Kier molecular flexibility index (Phi) is 3.74. The summed E-state index contributed by atoms with van der Waals surface area (Å²) in [6.45, 7) is 0. The summed E-state index contributed by atoms with van der Waals surface area (Å²) in [5.74, 6) is -0.519. The fraction of sp³-hybridized carbons (Fsp3) is 0.250. The van der Waals surface area contributed by atoms with E-state index in [9.17, 15) is 25.0 Å². The van der Waals surface area contributed by atoms with Gasteiger partial charge in [-0.25, -0.2) is 0 Å². The predicted octanol–water partition coefficient (Wildman–Crippen LogP) is 2.25. The fourth-order valence-corrected chi connectivity index (χ4v) is 2.04. The van der Waals surface area contributed by atoms with Crippen molar-refractivity contribution in [2.24, 2.45) is 0 Å². The summed E-state index contributed by atoms with van der Waals surface area (Å²) in [6, 6.07) is 5.61. The van der Waals surface area contributed by atoms with E-state index < -0.39 is 21.3 Å². The van der Waals surface area contributed by atoms with Crippen LogP contribution in [0.4, 0.5) is 11.4 Å². The maximum absolute atomic E-state index is 11.6. The number of allylic oxidation sites excluding steroid dienone is 2. The van der Waals surface area contributed by atoms with Gasteiger partial charge in [0, 0.05) is 24.2 Å². The van der Waals surface area contributed by atoms with E-state index in [1.807, 2.05) is 0 Å². The van der Waals surface area contributed by atoms with E-state index in [1.165, 1.54) is 18.2 Å². The number of hydrogen-bond donors (Lipinski definition) is 1. The largest absolute Gasteiger partial charge is 0.353 e. The van der Waals surface area contributed by atoms with Crippen molar-refractivity contribution in [1.82, 2.24) is 0 Å². The molecule has 1 N–H and O–H groups in total. The molecule has 0 saturated carbocycles. The molecule has 0 atom stereocenters. The van der Waals surface area contributed by atoms with Crippen LogP contribution in [-0.2, 0) is 4.79 Å². The van der Waals surface area contributed by atoms with E-state index in [0.29, 0.717) is 18.5 Å². The molecule has 0 amide bonds. The molecular weight excluding hydrogens is 266 g/mol. The Hall–Kier alpha value is -2.77. The highest BCUT2D eigenvalue weighted by Gasteiger charge is 2.30. The van der Waals surface area contributed by atoms with Crippen molar-refractivity contribution < 1.29 is 14.6 Å². The third kappa shape index (κ3) is 2.79. The van der Waals surface area contributed by atoms with Crippen molar-refractivity contribution in [3.63, 3.8) is 0 Å². The molecule has 0 spiro atoms. The minimum absolute atomic E-state index is 0.125. The summed E-state index contributed by atoms with van der Waals surface area (Å²) < 4.78 is 0. The number of nitrogens with one attached hydrogen (secondary N) is 1. The molecule has 0 radical (unpaired) electrons. The third-order valence-electron chi connectivity index (χ3n) is 2.92. The van der Waals surface area contributed by atoms with Crippen LogP contribution in [0.15, 0.2) is 35.7 Å². The van der Waals surface area contributed by atoms with Gasteiger partial charge in [0.1, 0.15) is 0 Å². The minimum Gasteiger partial charge on any atom is -0.353 e. The van der Waals surface area contributed by atoms with E-state index in [4.69, 9.17) is 0 Å². The Morgan fingerprint density at radius 1 is 1.10 bits per heavy atom. The molecule has 0 aromatic heterocycles. The van der Waals surface area contributed by atoms with E-state index in [-0.39, 0.29) is 17.8 Å². The van der Waals surface area contributed by atoms with Crippen LogP contribution in [0.2, 0.25) is 0 Å². The number of hydrogen-bond acceptors (Lipinski definition) is 6. The van der Waals surface area contributed by atoms with Gasteiger partial charge in [-0.05, 0) is 18.9 Å². The van der Waals surface area contributed by atoms with Gasteiger partial charge in [-0.1, -0.05) is 6.07 Å². The zero-order valence-corrected chi connectivity index (χ0v) is 10.4. The zero-order valence-electron chi connectivity index (χ0n) is 10.4. The van der Waals surface area contributed by atoms with E-state index >= 15 is 0 Å². The van der Waals surface area contributed by atoms with Crippen LogP contribution < -0.4 is 5.32 Å². The lowest BCUT2D eigenvalue weighted by molar-refractivity contribution is -0.420. The zero-order chi connectivity index (χ0) is 14.7. The number of nitro benzene ring substituents is 1. The smallest absolute Gasteiger partial charge is 0.330 e. The predicted molar refractivity (Wildman–Crippen MR) is 69.6 cm³/mol. The second kappa shape index (κ2) is 5.47. The van der Waals surface area contributed by atoms with Gasteiger partial charge >= 0.3 is 5.70 Å². The Morgan fingerprint density at radius 2 is 1.85 bits per heavy atom. The lowest BCUT2D eigenvalue weighted by Crippen LogP contribution is -2.21. The molecule has 8 nitrogen and oxygen atoms in total. The van der Waals surface area contributed by atoms with Crippen LogP contribution in [0, 0.1) is 20.2 Å². The highest BCUT2D eigenvalue weighted by atomic mass is 16.6. The number of Topliss-reactive ketones (excluding diaryl/α,β-unsaturated/α-hetero) is 1. The molecule has 1 aliphatic rings. The quantitative estimate of drug-likeness (QED) is 0.666. The molecule has 0 bridgehead atoms.